The number of amides is 1. The number of carbonyl (C=O) groups is 1. The van der Waals surface area contributed by atoms with E-state index in [9.17, 15) is 26.4 Å². The summed E-state index contributed by atoms with van der Waals surface area (Å²) < 4.78 is 70.5. The van der Waals surface area contributed by atoms with Crippen LogP contribution < -0.4 is 5.32 Å². The van der Waals surface area contributed by atoms with Crippen molar-refractivity contribution >= 4 is 33.0 Å². The van der Waals surface area contributed by atoms with Crippen molar-refractivity contribution in [1.29, 1.82) is 0 Å². The summed E-state index contributed by atoms with van der Waals surface area (Å²) in [5.41, 5.74) is -0.391. The summed E-state index contributed by atoms with van der Waals surface area (Å²) in [6, 6.07) is 4.90. The molecule has 0 aromatic heterocycles. The van der Waals surface area contributed by atoms with Gasteiger partial charge in [0.05, 0.1) is 15.7 Å². The maximum absolute atomic E-state index is 13.3. The SMILES string of the molecule is O=C(Nc1cc(F)c(F)c(F)c1)c1ccc(Cl)c(S(=O)(=O)CC2CCOCC2)c1. The molecule has 1 aliphatic rings. The van der Waals surface area contributed by atoms with Crippen molar-refractivity contribution in [3.8, 4) is 0 Å². The Hall–Kier alpha value is -2.10. The lowest BCUT2D eigenvalue weighted by atomic mass is 10.0. The maximum atomic E-state index is 13.3. The molecule has 1 aliphatic heterocycles. The number of ether oxygens (including phenoxy) is 1. The van der Waals surface area contributed by atoms with Crippen LogP contribution in [0, 0.1) is 23.4 Å². The highest BCUT2D eigenvalue weighted by Crippen LogP contribution is 2.28. The number of hydrogen-bond acceptors (Lipinski definition) is 4. The molecule has 10 heteroatoms. The van der Waals surface area contributed by atoms with E-state index in [1.165, 1.54) is 12.1 Å². The quantitative estimate of drug-likeness (QED) is 0.697. The summed E-state index contributed by atoms with van der Waals surface area (Å²) in [5.74, 6) is -5.61. The first-order chi connectivity index (χ1) is 13.7. The van der Waals surface area contributed by atoms with Crippen LogP contribution >= 0.6 is 11.6 Å². The van der Waals surface area contributed by atoms with Gasteiger partial charge in [-0.25, -0.2) is 21.6 Å². The van der Waals surface area contributed by atoms with Crippen LogP contribution in [0.5, 0.6) is 0 Å². The molecule has 0 unspecified atom stereocenters. The molecule has 2 aromatic carbocycles. The van der Waals surface area contributed by atoms with Crippen LogP contribution in [0.25, 0.3) is 0 Å². The average Bonchev–Trinajstić information content (AvgIpc) is 2.66. The minimum atomic E-state index is -3.78. The van der Waals surface area contributed by atoms with E-state index in [0.717, 1.165) is 6.07 Å². The molecule has 5 nitrogen and oxygen atoms in total. The minimum absolute atomic E-state index is 0.0347. The molecule has 0 radical (unpaired) electrons. The molecule has 0 saturated carbocycles. The predicted molar refractivity (Wildman–Crippen MR) is 101 cm³/mol. The van der Waals surface area contributed by atoms with E-state index in [1.54, 1.807) is 0 Å². The van der Waals surface area contributed by atoms with Crippen molar-refractivity contribution in [2.45, 2.75) is 17.7 Å². The van der Waals surface area contributed by atoms with Crippen LogP contribution in [-0.2, 0) is 14.6 Å². The summed E-state index contributed by atoms with van der Waals surface area (Å²) >= 11 is 6.05. The zero-order valence-electron chi connectivity index (χ0n) is 15.1. The molecule has 1 fully saturated rings. The van der Waals surface area contributed by atoms with Gasteiger partial charge in [-0.3, -0.25) is 4.79 Å². The largest absolute Gasteiger partial charge is 0.381 e. The Morgan fingerprint density at radius 3 is 2.34 bits per heavy atom. The number of anilines is 1. The molecule has 3 rings (SSSR count). The van der Waals surface area contributed by atoms with Gasteiger partial charge in [-0.05, 0) is 37.0 Å². The smallest absolute Gasteiger partial charge is 0.255 e. The first-order valence-electron chi connectivity index (χ1n) is 8.73. The Morgan fingerprint density at radius 1 is 1.10 bits per heavy atom. The fourth-order valence-corrected chi connectivity index (χ4v) is 5.30. The lowest BCUT2D eigenvalue weighted by Crippen LogP contribution is -2.24. The second kappa shape index (κ2) is 8.73. The van der Waals surface area contributed by atoms with Crippen LogP contribution in [0.1, 0.15) is 23.2 Å². The van der Waals surface area contributed by atoms with Crippen molar-refractivity contribution in [3.63, 3.8) is 0 Å². The molecule has 1 heterocycles. The van der Waals surface area contributed by atoms with Crippen LogP contribution in [0.4, 0.5) is 18.9 Å². The second-order valence-corrected chi connectivity index (χ2v) is 9.10. The monoisotopic (exact) mass is 447 g/mol. The summed E-state index contributed by atoms with van der Waals surface area (Å²) in [4.78, 5) is 12.2. The molecule has 0 aliphatic carbocycles. The Balaban J connectivity index is 1.83. The van der Waals surface area contributed by atoms with E-state index >= 15 is 0 Å². The molecular formula is C19H17ClF3NO4S. The van der Waals surface area contributed by atoms with Crippen molar-refractivity contribution in [1.82, 2.24) is 0 Å². The van der Waals surface area contributed by atoms with E-state index < -0.39 is 33.2 Å². The Kier molecular flexibility index (Phi) is 6.50. The molecular weight excluding hydrogens is 431 g/mol. The van der Waals surface area contributed by atoms with E-state index in [4.69, 9.17) is 16.3 Å². The van der Waals surface area contributed by atoms with Gasteiger partial charge in [0, 0.05) is 36.6 Å². The first-order valence-corrected chi connectivity index (χ1v) is 10.8. The van der Waals surface area contributed by atoms with Crippen molar-refractivity contribution in [2.75, 3.05) is 24.3 Å². The van der Waals surface area contributed by atoms with Gasteiger partial charge >= 0.3 is 0 Å². The fourth-order valence-electron chi connectivity index (χ4n) is 3.03. The Labute approximate surface area is 170 Å². The molecule has 0 bridgehead atoms. The number of rotatable bonds is 5. The van der Waals surface area contributed by atoms with Gasteiger partial charge < -0.3 is 10.1 Å². The van der Waals surface area contributed by atoms with Gasteiger partial charge in [0.15, 0.2) is 27.3 Å². The van der Waals surface area contributed by atoms with Crippen molar-refractivity contribution in [3.05, 3.63) is 58.4 Å². The van der Waals surface area contributed by atoms with Gasteiger partial charge in [0.2, 0.25) is 0 Å². The molecule has 1 amide bonds. The maximum Gasteiger partial charge on any atom is 0.255 e. The molecule has 0 spiro atoms. The molecule has 0 atom stereocenters. The average molecular weight is 448 g/mol. The Morgan fingerprint density at radius 2 is 1.72 bits per heavy atom. The summed E-state index contributed by atoms with van der Waals surface area (Å²) in [5, 5.41) is 2.17. The third kappa shape index (κ3) is 5.09. The third-order valence-corrected chi connectivity index (χ3v) is 6.93. The second-order valence-electron chi connectivity index (χ2n) is 6.69. The molecule has 1 N–H and O–H groups in total. The topological polar surface area (TPSA) is 72.5 Å². The van der Waals surface area contributed by atoms with Crippen LogP contribution in [-0.4, -0.2) is 33.3 Å². The van der Waals surface area contributed by atoms with Gasteiger partial charge in [0.1, 0.15) is 0 Å². The fraction of sp³-hybridized carbons (Fsp3) is 0.316. The van der Waals surface area contributed by atoms with E-state index in [2.05, 4.69) is 5.32 Å². The molecule has 156 valence electrons. The first kappa shape index (κ1) is 21.6. The normalized spacial score (nSPS) is 15.3. The van der Waals surface area contributed by atoms with Crippen molar-refractivity contribution < 1.29 is 31.1 Å². The van der Waals surface area contributed by atoms with Crippen molar-refractivity contribution in [2.24, 2.45) is 5.92 Å². The number of carbonyl (C=O) groups excluding carboxylic acids is 1. The number of sulfone groups is 1. The number of hydrogen-bond donors (Lipinski definition) is 1. The summed E-state index contributed by atoms with van der Waals surface area (Å²) in [7, 11) is -3.78. The number of nitrogens with one attached hydrogen (secondary N) is 1. The molecule has 2 aromatic rings. The summed E-state index contributed by atoms with van der Waals surface area (Å²) in [6.45, 7) is 0.975. The minimum Gasteiger partial charge on any atom is -0.381 e. The third-order valence-electron chi connectivity index (χ3n) is 4.57. The van der Waals surface area contributed by atoms with Gasteiger partial charge in [0.25, 0.3) is 5.91 Å². The van der Waals surface area contributed by atoms with Gasteiger partial charge in [-0.1, -0.05) is 11.6 Å². The van der Waals surface area contributed by atoms with E-state index in [-0.39, 0.29) is 32.8 Å². The predicted octanol–water partition coefficient (Wildman–Crippen LogP) is 4.21. The number of benzene rings is 2. The van der Waals surface area contributed by atoms with E-state index in [0.29, 0.717) is 38.2 Å². The zero-order chi connectivity index (χ0) is 21.2. The standard InChI is InChI=1S/C19H17ClF3NO4S/c20-14-2-1-12(19(25)24-13-8-15(21)18(23)16(22)9-13)7-17(14)29(26,27)10-11-3-5-28-6-4-11/h1-2,7-9,11H,3-6,10H2,(H,24,25). The van der Waals surface area contributed by atoms with Gasteiger partial charge in [-0.2, -0.15) is 0 Å². The summed E-state index contributed by atoms with van der Waals surface area (Å²) in [6.07, 6.45) is 1.22. The molecule has 29 heavy (non-hydrogen) atoms. The van der Waals surface area contributed by atoms with Gasteiger partial charge in [-0.15, -0.1) is 0 Å². The zero-order valence-corrected chi connectivity index (χ0v) is 16.6. The van der Waals surface area contributed by atoms with Crippen LogP contribution in [0.3, 0.4) is 0 Å². The highest BCUT2D eigenvalue weighted by Gasteiger charge is 2.26. The lowest BCUT2D eigenvalue weighted by molar-refractivity contribution is 0.0723. The van der Waals surface area contributed by atoms with E-state index in [1.807, 2.05) is 0 Å². The Bertz CT molecular complexity index is 1020. The van der Waals surface area contributed by atoms with Crippen LogP contribution in [0.15, 0.2) is 35.2 Å². The highest BCUT2D eigenvalue weighted by molar-refractivity contribution is 7.91. The molecule has 1 saturated heterocycles. The van der Waals surface area contributed by atoms with Crippen LogP contribution in [0.2, 0.25) is 5.02 Å². The highest BCUT2D eigenvalue weighted by atomic mass is 35.5. The number of halogens is 4. The lowest BCUT2D eigenvalue weighted by Gasteiger charge is -2.22.